The quantitative estimate of drug-likeness (QED) is 0.611. The number of carbonyl (C=O) groups is 1. The Hall–Kier alpha value is 0.434. The van der Waals surface area contributed by atoms with Crippen LogP contribution < -0.4 is 0 Å². The van der Waals surface area contributed by atoms with Gasteiger partial charge in [-0.15, -0.1) is 0 Å². The topological polar surface area (TPSA) is 46.5 Å². The molecule has 3 nitrogen and oxygen atoms in total. The molecule has 12 heavy (non-hydrogen) atoms. The van der Waals surface area contributed by atoms with Crippen LogP contribution in [0.5, 0.6) is 0 Å². The molecule has 0 aromatic heterocycles. The summed E-state index contributed by atoms with van der Waals surface area (Å²) >= 11 is 0. The average Bonchev–Trinajstić information content (AvgIpc) is 2.34. The van der Waals surface area contributed by atoms with Crippen LogP contribution in [0.2, 0.25) is 0 Å². The maximum atomic E-state index is 10.9. The second-order valence-corrected chi connectivity index (χ2v) is 2.99. The predicted molar refractivity (Wildman–Crippen MR) is 38.1 cm³/mol. The van der Waals surface area contributed by atoms with Gasteiger partial charge in [0.2, 0.25) is 0 Å². The Morgan fingerprint density at radius 1 is 1.50 bits per heavy atom. The minimum Gasteiger partial charge on any atom is -0.388 e. The molecule has 0 aromatic carbocycles. The number of rotatable bonds is 0. The third-order valence-corrected chi connectivity index (χ3v) is 2.21. The molecular weight excluding hydrogens is 233 g/mol. The Morgan fingerprint density at radius 3 is 3.00 bits per heavy atom. The first-order valence-electron chi connectivity index (χ1n) is 3.78. The Bertz CT molecular complexity index is 224. The van der Waals surface area contributed by atoms with E-state index in [0.29, 0.717) is 13.0 Å². The maximum absolute atomic E-state index is 10.9. The fraction of sp³-hybridized carbons (Fsp3) is 0.625. The van der Waals surface area contributed by atoms with Crippen molar-refractivity contribution in [3.05, 3.63) is 11.6 Å². The van der Waals surface area contributed by atoms with E-state index in [1.807, 2.05) is 6.08 Å². The number of fused-ring (bicyclic) bond motifs is 1. The standard InChI is InChI=1S/C8H10O3.Y/c9-5-3-7(10)6-1-2-11-8(6)4-5;/h1,7-8,10H,2-4H2;/t7-,8-;/m1./s1. The van der Waals surface area contributed by atoms with Gasteiger partial charge in [-0.05, 0) is 5.57 Å². The van der Waals surface area contributed by atoms with Crippen LogP contribution in [0.1, 0.15) is 12.8 Å². The monoisotopic (exact) mass is 243 g/mol. The summed E-state index contributed by atoms with van der Waals surface area (Å²) in [5.74, 6) is 0.0987. The SMILES string of the molecule is O=C1C[C@@H](O)C2=CCO[C@@H]2C1.[Y]. The first-order valence-corrected chi connectivity index (χ1v) is 3.78. The van der Waals surface area contributed by atoms with Gasteiger partial charge in [0.05, 0.1) is 18.8 Å². The molecule has 0 amide bonds. The molecule has 2 aliphatic rings. The van der Waals surface area contributed by atoms with E-state index in [9.17, 15) is 9.90 Å². The van der Waals surface area contributed by atoms with Gasteiger partial charge in [0.1, 0.15) is 5.78 Å². The minimum absolute atomic E-state index is 0. The number of ketones is 1. The molecule has 0 saturated heterocycles. The summed E-state index contributed by atoms with van der Waals surface area (Å²) in [6.07, 6.45) is 1.89. The number of Topliss-reactive ketones (excluding diaryl/α,β-unsaturated/α-hetero) is 1. The summed E-state index contributed by atoms with van der Waals surface area (Å²) in [5.41, 5.74) is 0.907. The average molecular weight is 243 g/mol. The molecule has 0 unspecified atom stereocenters. The number of aliphatic hydroxyl groups is 1. The molecule has 1 radical (unpaired) electrons. The summed E-state index contributed by atoms with van der Waals surface area (Å²) in [4.78, 5) is 10.9. The molecule has 0 bridgehead atoms. The molecule has 1 aliphatic carbocycles. The number of hydrogen-bond acceptors (Lipinski definition) is 3. The minimum atomic E-state index is -0.580. The number of ether oxygens (including phenoxy) is 1. The number of aliphatic hydroxyl groups excluding tert-OH is 1. The van der Waals surface area contributed by atoms with Crippen molar-refractivity contribution < 1.29 is 47.3 Å². The third-order valence-electron chi connectivity index (χ3n) is 2.21. The van der Waals surface area contributed by atoms with Gasteiger partial charge >= 0.3 is 0 Å². The number of carbonyl (C=O) groups excluding carboxylic acids is 1. The van der Waals surface area contributed by atoms with E-state index in [2.05, 4.69) is 0 Å². The second-order valence-electron chi connectivity index (χ2n) is 2.99. The zero-order valence-electron chi connectivity index (χ0n) is 6.69. The Labute approximate surface area is 96.0 Å². The van der Waals surface area contributed by atoms with E-state index >= 15 is 0 Å². The van der Waals surface area contributed by atoms with Crippen LogP contribution in [0, 0.1) is 0 Å². The van der Waals surface area contributed by atoms with Crippen LogP contribution in [-0.2, 0) is 42.2 Å². The third kappa shape index (κ3) is 1.85. The fourth-order valence-corrected chi connectivity index (χ4v) is 1.64. The molecule has 1 heterocycles. The van der Waals surface area contributed by atoms with Crippen molar-refractivity contribution in [2.24, 2.45) is 0 Å². The van der Waals surface area contributed by atoms with Crippen molar-refractivity contribution in [1.82, 2.24) is 0 Å². The van der Waals surface area contributed by atoms with Gasteiger partial charge in [-0.25, -0.2) is 0 Å². The van der Waals surface area contributed by atoms with E-state index in [0.717, 1.165) is 5.57 Å². The molecule has 2 atom stereocenters. The van der Waals surface area contributed by atoms with Crippen LogP contribution >= 0.6 is 0 Å². The number of hydrogen-bond donors (Lipinski definition) is 1. The summed E-state index contributed by atoms with van der Waals surface area (Å²) < 4.78 is 5.22. The van der Waals surface area contributed by atoms with Gasteiger partial charge in [0.25, 0.3) is 0 Å². The smallest absolute Gasteiger partial charge is 0.138 e. The largest absolute Gasteiger partial charge is 0.388 e. The Morgan fingerprint density at radius 2 is 2.25 bits per heavy atom. The molecule has 0 spiro atoms. The summed E-state index contributed by atoms with van der Waals surface area (Å²) in [6.45, 7) is 0.546. The van der Waals surface area contributed by atoms with Crippen LogP contribution in [0.25, 0.3) is 0 Å². The van der Waals surface area contributed by atoms with Crippen molar-refractivity contribution >= 4 is 5.78 Å². The van der Waals surface area contributed by atoms with Crippen molar-refractivity contribution in [3.8, 4) is 0 Å². The molecule has 1 fully saturated rings. The summed E-state index contributed by atoms with van der Waals surface area (Å²) in [5, 5.41) is 9.38. The van der Waals surface area contributed by atoms with Gasteiger partial charge in [-0.2, -0.15) is 0 Å². The second kappa shape index (κ2) is 4.10. The van der Waals surface area contributed by atoms with Crippen LogP contribution in [0.3, 0.4) is 0 Å². The van der Waals surface area contributed by atoms with Gasteiger partial charge in [-0.1, -0.05) is 6.08 Å². The van der Waals surface area contributed by atoms with Gasteiger partial charge in [0.15, 0.2) is 0 Å². The van der Waals surface area contributed by atoms with Gasteiger partial charge in [-0.3, -0.25) is 4.79 Å². The van der Waals surface area contributed by atoms with Crippen molar-refractivity contribution in [1.29, 1.82) is 0 Å². The molecular formula is C8H10O3Y. The van der Waals surface area contributed by atoms with E-state index < -0.39 is 6.10 Å². The first kappa shape index (κ1) is 10.5. The van der Waals surface area contributed by atoms with E-state index in [-0.39, 0.29) is 51.0 Å². The van der Waals surface area contributed by atoms with Crippen LogP contribution in [0.4, 0.5) is 0 Å². The van der Waals surface area contributed by atoms with Crippen LogP contribution in [-0.4, -0.2) is 29.7 Å². The molecule has 0 aromatic rings. The zero-order valence-corrected chi connectivity index (χ0v) is 9.53. The van der Waals surface area contributed by atoms with E-state index in [1.165, 1.54) is 0 Å². The van der Waals surface area contributed by atoms with Crippen molar-refractivity contribution in [2.45, 2.75) is 25.0 Å². The normalized spacial score (nSPS) is 33.8. The zero-order chi connectivity index (χ0) is 7.84. The maximum Gasteiger partial charge on any atom is 0.138 e. The molecule has 63 valence electrons. The first-order chi connectivity index (χ1) is 5.27. The van der Waals surface area contributed by atoms with Crippen molar-refractivity contribution in [2.75, 3.05) is 6.61 Å². The summed E-state index contributed by atoms with van der Waals surface area (Å²) in [6, 6.07) is 0. The van der Waals surface area contributed by atoms with Crippen molar-refractivity contribution in [3.63, 3.8) is 0 Å². The van der Waals surface area contributed by atoms with Gasteiger partial charge < -0.3 is 9.84 Å². The predicted octanol–water partition coefficient (Wildman–Crippen LogP) is 0.0329. The fourth-order valence-electron chi connectivity index (χ4n) is 1.64. The molecule has 1 saturated carbocycles. The summed E-state index contributed by atoms with van der Waals surface area (Å²) in [7, 11) is 0. The molecule has 4 heteroatoms. The van der Waals surface area contributed by atoms with E-state index in [4.69, 9.17) is 4.74 Å². The van der Waals surface area contributed by atoms with Crippen LogP contribution in [0.15, 0.2) is 11.6 Å². The van der Waals surface area contributed by atoms with E-state index in [1.54, 1.807) is 0 Å². The van der Waals surface area contributed by atoms with Gasteiger partial charge in [0, 0.05) is 45.6 Å². The Balaban J connectivity index is 0.000000720. The molecule has 1 N–H and O–H groups in total. The molecule has 1 aliphatic heterocycles. The molecule has 2 rings (SSSR count). The Kier molecular flexibility index (Phi) is 3.59.